The number of rotatable bonds is 9. The van der Waals surface area contributed by atoms with Crippen LogP contribution in [0.1, 0.15) is 37.3 Å². The molecule has 2 aromatic carbocycles. The van der Waals surface area contributed by atoms with Crippen molar-refractivity contribution in [3.8, 4) is 0 Å². The zero-order valence-corrected chi connectivity index (χ0v) is 17.1. The van der Waals surface area contributed by atoms with Gasteiger partial charge in [-0.05, 0) is 61.7 Å². The van der Waals surface area contributed by atoms with Crippen molar-refractivity contribution in [2.75, 3.05) is 26.2 Å². The van der Waals surface area contributed by atoms with E-state index < -0.39 is 0 Å². The molecular weight excluding hydrogens is 344 g/mol. The highest BCUT2D eigenvalue weighted by atomic mass is 16.2. The summed E-state index contributed by atoms with van der Waals surface area (Å²) in [6, 6.07) is 21.2. The molecule has 0 unspecified atom stereocenters. The van der Waals surface area contributed by atoms with Crippen molar-refractivity contribution in [2.24, 2.45) is 11.8 Å². The molecule has 1 N–H and O–H groups in total. The third kappa shape index (κ3) is 6.49. The number of piperidine rings is 1. The molecule has 0 aliphatic carbocycles. The maximum atomic E-state index is 13.0. The average molecular weight is 379 g/mol. The van der Waals surface area contributed by atoms with Crippen molar-refractivity contribution < 1.29 is 4.79 Å². The lowest BCUT2D eigenvalue weighted by molar-refractivity contribution is -0.133. The minimum Gasteiger partial charge on any atom is -0.343 e. The first-order chi connectivity index (χ1) is 13.7. The SMILES string of the molecule is CCNCC1CCN(C(=O)CC(Cc2ccccc2)Cc2ccccc2)CC1. The Hall–Kier alpha value is -2.13. The van der Waals surface area contributed by atoms with E-state index in [4.69, 9.17) is 0 Å². The third-order valence-corrected chi connectivity index (χ3v) is 5.85. The highest BCUT2D eigenvalue weighted by molar-refractivity contribution is 5.76. The van der Waals surface area contributed by atoms with Crippen LogP contribution < -0.4 is 5.32 Å². The van der Waals surface area contributed by atoms with Crippen LogP contribution in [-0.2, 0) is 17.6 Å². The van der Waals surface area contributed by atoms with E-state index in [9.17, 15) is 4.79 Å². The Kier molecular flexibility index (Phi) is 8.10. The lowest BCUT2D eigenvalue weighted by Crippen LogP contribution is -2.41. The summed E-state index contributed by atoms with van der Waals surface area (Å²) < 4.78 is 0. The minimum absolute atomic E-state index is 0.332. The maximum Gasteiger partial charge on any atom is 0.222 e. The highest BCUT2D eigenvalue weighted by Gasteiger charge is 2.25. The van der Waals surface area contributed by atoms with Gasteiger partial charge >= 0.3 is 0 Å². The van der Waals surface area contributed by atoms with Crippen LogP contribution in [0.15, 0.2) is 60.7 Å². The van der Waals surface area contributed by atoms with Crippen molar-refractivity contribution in [1.82, 2.24) is 10.2 Å². The van der Waals surface area contributed by atoms with E-state index in [0.717, 1.165) is 51.9 Å². The van der Waals surface area contributed by atoms with Crippen LogP contribution in [-0.4, -0.2) is 37.0 Å². The molecule has 0 saturated carbocycles. The second kappa shape index (κ2) is 11.0. The van der Waals surface area contributed by atoms with Gasteiger partial charge in [0.15, 0.2) is 0 Å². The van der Waals surface area contributed by atoms with Gasteiger partial charge in [0.1, 0.15) is 0 Å². The number of nitrogens with one attached hydrogen (secondary N) is 1. The van der Waals surface area contributed by atoms with Gasteiger partial charge in [0.25, 0.3) is 0 Å². The topological polar surface area (TPSA) is 32.3 Å². The first-order valence-electron chi connectivity index (χ1n) is 10.8. The smallest absolute Gasteiger partial charge is 0.222 e. The zero-order valence-electron chi connectivity index (χ0n) is 17.1. The number of hydrogen-bond acceptors (Lipinski definition) is 2. The molecule has 3 nitrogen and oxygen atoms in total. The largest absolute Gasteiger partial charge is 0.343 e. The maximum absolute atomic E-state index is 13.0. The van der Waals surface area contributed by atoms with Gasteiger partial charge in [0.05, 0.1) is 0 Å². The van der Waals surface area contributed by atoms with E-state index in [1.54, 1.807) is 0 Å². The number of benzene rings is 2. The van der Waals surface area contributed by atoms with Crippen LogP contribution in [0, 0.1) is 11.8 Å². The van der Waals surface area contributed by atoms with Crippen LogP contribution >= 0.6 is 0 Å². The van der Waals surface area contributed by atoms with E-state index >= 15 is 0 Å². The van der Waals surface area contributed by atoms with Crippen molar-refractivity contribution in [3.05, 3.63) is 71.8 Å². The summed E-state index contributed by atoms with van der Waals surface area (Å²) in [5.74, 6) is 1.39. The fourth-order valence-corrected chi connectivity index (χ4v) is 4.22. The van der Waals surface area contributed by atoms with Crippen LogP contribution in [0.5, 0.6) is 0 Å². The molecule has 1 aliphatic rings. The van der Waals surface area contributed by atoms with Gasteiger partial charge in [-0.25, -0.2) is 0 Å². The molecule has 1 saturated heterocycles. The van der Waals surface area contributed by atoms with Crippen molar-refractivity contribution in [2.45, 2.75) is 39.0 Å². The standard InChI is InChI=1S/C25H34N2O/c1-2-26-20-23-13-15-27(16-14-23)25(28)19-24(17-21-9-5-3-6-10-21)18-22-11-7-4-8-12-22/h3-12,23-24,26H,2,13-20H2,1H3. The molecule has 1 heterocycles. The summed E-state index contributed by atoms with van der Waals surface area (Å²) in [4.78, 5) is 15.1. The van der Waals surface area contributed by atoms with Crippen molar-refractivity contribution in [1.29, 1.82) is 0 Å². The Labute approximate surface area is 170 Å². The fraction of sp³-hybridized carbons (Fsp3) is 0.480. The molecule has 0 radical (unpaired) electrons. The molecule has 3 heteroatoms. The predicted octanol–water partition coefficient (Wildman–Crippen LogP) is 4.33. The molecule has 0 bridgehead atoms. The van der Waals surface area contributed by atoms with Gasteiger partial charge in [0, 0.05) is 19.5 Å². The summed E-state index contributed by atoms with van der Waals surface area (Å²) in [6.07, 6.45) is 4.81. The van der Waals surface area contributed by atoms with E-state index in [1.807, 2.05) is 0 Å². The van der Waals surface area contributed by atoms with Crippen LogP contribution in [0.2, 0.25) is 0 Å². The average Bonchev–Trinajstić information content (AvgIpc) is 2.74. The fourth-order valence-electron chi connectivity index (χ4n) is 4.22. The molecule has 28 heavy (non-hydrogen) atoms. The number of carbonyl (C=O) groups is 1. The Bertz CT molecular complexity index is 652. The first-order valence-corrected chi connectivity index (χ1v) is 10.8. The van der Waals surface area contributed by atoms with Gasteiger partial charge in [-0.2, -0.15) is 0 Å². The number of amides is 1. The van der Waals surface area contributed by atoms with E-state index in [2.05, 4.69) is 77.8 Å². The van der Waals surface area contributed by atoms with Crippen LogP contribution in [0.4, 0.5) is 0 Å². The normalized spacial score (nSPS) is 15.1. The van der Waals surface area contributed by atoms with Gasteiger partial charge in [-0.1, -0.05) is 67.6 Å². The Morgan fingerprint density at radius 3 is 2.00 bits per heavy atom. The molecule has 0 atom stereocenters. The molecule has 1 fully saturated rings. The quantitative estimate of drug-likeness (QED) is 0.704. The predicted molar refractivity (Wildman–Crippen MR) is 116 cm³/mol. The molecule has 2 aromatic rings. The molecule has 0 aromatic heterocycles. The number of likely N-dealkylation sites (tertiary alicyclic amines) is 1. The second-order valence-corrected chi connectivity index (χ2v) is 8.08. The van der Waals surface area contributed by atoms with Crippen molar-refractivity contribution in [3.63, 3.8) is 0 Å². The van der Waals surface area contributed by atoms with Crippen LogP contribution in [0.3, 0.4) is 0 Å². The van der Waals surface area contributed by atoms with Crippen molar-refractivity contribution >= 4 is 5.91 Å². The Morgan fingerprint density at radius 1 is 0.964 bits per heavy atom. The lowest BCUT2D eigenvalue weighted by atomic mass is 9.89. The summed E-state index contributed by atoms with van der Waals surface area (Å²) in [6.45, 7) is 6.10. The minimum atomic E-state index is 0.332. The monoisotopic (exact) mass is 378 g/mol. The molecule has 0 spiro atoms. The van der Waals surface area contributed by atoms with Gasteiger partial charge in [-0.15, -0.1) is 0 Å². The van der Waals surface area contributed by atoms with E-state index in [1.165, 1.54) is 11.1 Å². The number of carbonyl (C=O) groups excluding carboxylic acids is 1. The molecule has 1 amide bonds. The van der Waals surface area contributed by atoms with Crippen LogP contribution in [0.25, 0.3) is 0 Å². The second-order valence-electron chi connectivity index (χ2n) is 8.08. The molecule has 3 rings (SSSR count). The zero-order chi connectivity index (χ0) is 19.6. The molecule has 150 valence electrons. The lowest BCUT2D eigenvalue weighted by Gasteiger charge is -2.33. The van der Waals surface area contributed by atoms with Gasteiger partial charge < -0.3 is 10.2 Å². The van der Waals surface area contributed by atoms with E-state index in [-0.39, 0.29) is 0 Å². The number of nitrogens with zero attached hydrogens (tertiary/aromatic N) is 1. The Morgan fingerprint density at radius 2 is 1.50 bits per heavy atom. The summed E-state index contributed by atoms with van der Waals surface area (Å²) >= 11 is 0. The van der Waals surface area contributed by atoms with E-state index in [0.29, 0.717) is 24.2 Å². The first kappa shape index (κ1) is 20.6. The summed E-state index contributed by atoms with van der Waals surface area (Å²) in [5.41, 5.74) is 2.64. The van der Waals surface area contributed by atoms with Gasteiger partial charge in [0.2, 0.25) is 5.91 Å². The number of hydrogen-bond donors (Lipinski definition) is 1. The highest BCUT2D eigenvalue weighted by Crippen LogP contribution is 2.22. The summed E-state index contributed by atoms with van der Waals surface area (Å²) in [7, 11) is 0. The summed E-state index contributed by atoms with van der Waals surface area (Å²) in [5, 5.41) is 3.45. The third-order valence-electron chi connectivity index (χ3n) is 5.85. The van der Waals surface area contributed by atoms with Gasteiger partial charge in [-0.3, -0.25) is 4.79 Å². The molecular formula is C25H34N2O. The Balaban J connectivity index is 1.58. The molecule has 1 aliphatic heterocycles.